The van der Waals surface area contributed by atoms with Crippen LogP contribution in [0.4, 0.5) is 0 Å². The third kappa shape index (κ3) is 3.28. The summed E-state index contributed by atoms with van der Waals surface area (Å²) in [6, 6.07) is 5.90. The van der Waals surface area contributed by atoms with Gasteiger partial charge >= 0.3 is 0 Å². The van der Waals surface area contributed by atoms with Gasteiger partial charge in [-0.3, -0.25) is 4.79 Å². The van der Waals surface area contributed by atoms with Gasteiger partial charge in [-0.2, -0.15) is 0 Å². The molecule has 18 heavy (non-hydrogen) atoms. The molecule has 0 aromatic heterocycles. The first kappa shape index (κ1) is 13.9. The van der Waals surface area contributed by atoms with Gasteiger partial charge in [0, 0.05) is 29.1 Å². The number of ether oxygens (including phenoxy) is 1. The second-order valence-electron chi connectivity index (χ2n) is 4.39. The second kappa shape index (κ2) is 6.08. The Labute approximate surface area is 121 Å². The average Bonchev–Trinajstić information content (AvgIpc) is 3.17. The highest BCUT2D eigenvalue weighted by Gasteiger charge is 2.33. The molecule has 1 saturated carbocycles. The Morgan fingerprint density at radius 1 is 1.56 bits per heavy atom. The quantitative estimate of drug-likeness (QED) is 0.841. The lowest BCUT2D eigenvalue weighted by atomic mass is 10.2. The van der Waals surface area contributed by atoms with Gasteiger partial charge in [-0.15, -0.1) is 12.6 Å². The van der Waals surface area contributed by atoms with Gasteiger partial charge in [0.2, 0.25) is 0 Å². The molecule has 0 unspecified atom stereocenters. The van der Waals surface area contributed by atoms with Gasteiger partial charge in [0.05, 0.1) is 12.2 Å². The molecule has 1 aromatic rings. The number of thiol groups is 1. The van der Waals surface area contributed by atoms with Gasteiger partial charge in [-0.25, -0.2) is 0 Å². The van der Waals surface area contributed by atoms with Crippen molar-refractivity contribution in [2.24, 2.45) is 0 Å². The van der Waals surface area contributed by atoms with Gasteiger partial charge in [-0.05, 0) is 47.0 Å². The molecule has 1 aromatic carbocycles. The number of rotatable bonds is 5. The fourth-order valence-corrected chi connectivity index (χ4v) is 2.48. The third-order valence-corrected chi connectivity index (χ3v) is 3.93. The van der Waals surface area contributed by atoms with Crippen LogP contribution in [0.1, 0.15) is 23.2 Å². The molecule has 0 aliphatic heterocycles. The third-order valence-electron chi connectivity index (χ3n) is 2.97. The van der Waals surface area contributed by atoms with Crippen LogP contribution < -0.4 is 0 Å². The topological polar surface area (TPSA) is 29.5 Å². The molecule has 5 heteroatoms. The molecule has 2 rings (SSSR count). The molecule has 1 aliphatic rings. The molecule has 1 aliphatic carbocycles. The molecule has 1 amide bonds. The summed E-state index contributed by atoms with van der Waals surface area (Å²) in [7, 11) is 1.65. The summed E-state index contributed by atoms with van der Waals surface area (Å²) in [4.78, 5) is 15.2. The Morgan fingerprint density at radius 3 is 2.89 bits per heavy atom. The van der Waals surface area contributed by atoms with Crippen molar-refractivity contribution in [2.45, 2.75) is 23.8 Å². The van der Waals surface area contributed by atoms with E-state index in [0.717, 1.165) is 22.2 Å². The SMILES string of the molecule is COCCN(C(=O)c1cc(S)ccc1Br)C1CC1. The zero-order valence-electron chi connectivity index (χ0n) is 10.2. The van der Waals surface area contributed by atoms with Crippen LogP contribution >= 0.6 is 28.6 Å². The highest BCUT2D eigenvalue weighted by Crippen LogP contribution is 2.30. The lowest BCUT2D eigenvalue weighted by molar-refractivity contribution is 0.0679. The summed E-state index contributed by atoms with van der Waals surface area (Å²) in [5, 5.41) is 0. The maximum atomic E-state index is 12.5. The van der Waals surface area contributed by atoms with Crippen LogP contribution in [0.3, 0.4) is 0 Å². The largest absolute Gasteiger partial charge is 0.383 e. The van der Waals surface area contributed by atoms with Crippen molar-refractivity contribution < 1.29 is 9.53 Å². The summed E-state index contributed by atoms with van der Waals surface area (Å²) < 4.78 is 5.88. The van der Waals surface area contributed by atoms with Crippen molar-refractivity contribution in [1.29, 1.82) is 0 Å². The van der Waals surface area contributed by atoms with Crippen LogP contribution in [-0.4, -0.2) is 37.1 Å². The number of hydrogen-bond acceptors (Lipinski definition) is 3. The first-order chi connectivity index (χ1) is 8.63. The number of benzene rings is 1. The Bertz CT molecular complexity index is 449. The number of amides is 1. The molecule has 0 spiro atoms. The maximum absolute atomic E-state index is 12.5. The predicted octanol–water partition coefficient (Wildman–Crippen LogP) is 2.99. The van der Waals surface area contributed by atoms with Crippen molar-refractivity contribution in [3.8, 4) is 0 Å². The smallest absolute Gasteiger partial charge is 0.255 e. The summed E-state index contributed by atoms with van der Waals surface area (Å²) in [5.41, 5.74) is 0.672. The Balaban J connectivity index is 2.19. The lowest BCUT2D eigenvalue weighted by Gasteiger charge is -2.22. The fourth-order valence-electron chi connectivity index (χ4n) is 1.86. The summed E-state index contributed by atoms with van der Waals surface area (Å²) in [6.45, 7) is 1.21. The minimum Gasteiger partial charge on any atom is -0.383 e. The van der Waals surface area contributed by atoms with E-state index in [0.29, 0.717) is 24.8 Å². The molecular formula is C13H16BrNO2S. The van der Waals surface area contributed by atoms with E-state index in [1.807, 2.05) is 17.0 Å². The Hall–Kier alpha value is -0.520. The van der Waals surface area contributed by atoms with Crippen LogP contribution in [0.25, 0.3) is 0 Å². The highest BCUT2D eigenvalue weighted by molar-refractivity contribution is 9.10. The van der Waals surface area contributed by atoms with E-state index in [2.05, 4.69) is 28.6 Å². The van der Waals surface area contributed by atoms with Gasteiger partial charge < -0.3 is 9.64 Å². The fraction of sp³-hybridized carbons (Fsp3) is 0.462. The van der Waals surface area contributed by atoms with Crippen molar-refractivity contribution >= 4 is 34.5 Å². The number of halogens is 1. The standard InChI is InChI=1S/C13H16BrNO2S/c1-17-7-6-15(9-2-3-9)13(16)11-8-10(18)4-5-12(11)14/h4-5,8-9,18H,2-3,6-7H2,1H3. The molecule has 1 fully saturated rings. The molecule has 0 atom stereocenters. The maximum Gasteiger partial charge on any atom is 0.255 e. The van der Waals surface area contributed by atoms with Gasteiger partial charge in [-0.1, -0.05) is 0 Å². The molecule has 3 nitrogen and oxygen atoms in total. The van der Waals surface area contributed by atoms with Crippen LogP contribution in [0.15, 0.2) is 27.6 Å². The zero-order valence-corrected chi connectivity index (χ0v) is 12.7. The summed E-state index contributed by atoms with van der Waals surface area (Å²) in [5.74, 6) is 0.0531. The minimum atomic E-state index is 0.0531. The lowest BCUT2D eigenvalue weighted by Crippen LogP contribution is -2.36. The van der Waals surface area contributed by atoms with E-state index >= 15 is 0 Å². The molecule has 0 bridgehead atoms. The van der Waals surface area contributed by atoms with Gasteiger partial charge in [0.1, 0.15) is 0 Å². The number of carbonyl (C=O) groups excluding carboxylic acids is 1. The van der Waals surface area contributed by atoms with Crippen molar-refractivity contribution in [3.05, 3.63) is 28.2 Å². The van der Waals surface area contributed by atoms with Crippen molar-refractivity contribution in [1.82, 2.24) is 4.90 Å². The van der Waals surface area contributed by atoms with E-state index in [4.69, 9.17) is 4.74 Å². The molecule has 98 valence electrons. The predicted molar refractivity (Wildman–Crippen MR) is 77.3 cm³/mol. The zero-order chi connectivity index (χ0) is 13.1. The van der Waals surface area contributed by atoms with E-state index in [-0.39, 0.29) is 5.91 Å². The molecule has 0 radical (unpaired) electrons. The summed E-state index contributed by atoms with van der Waals surface area (Å²) >= 11 is 7.71. The Kier molecular flexibility index (Phi) is 4.70. The van der Waals surface area contributed by atoms with E-state index in [9.17, 15) is 4.79 Å². The monoisotopic (exact) mass is 329 g/mol. The number of carbonyl (C=O) groups is 1. The first-order valence-electron chi connectivity index (χ1n) is 5.92. The van der Waals surface area contributed by atoms with Gasteiger partial charge in [0.25, 0.3) is 5.91 Å². The summed E-state index contributed by atoms with van der Waals surface area (Å²) in [6.07, 6.45) is 2.18. The van der Waals surface area contributed by atoms with Crippen LogP contribution in [0, 0.1) is 0 Å². The number of nitrogens with zero attached hydrogens (tertiary/aromatic N) is 1. The first-order valence-corrected chi connectivity index (χ1v) is 7.16. The average molecular weight is 330 g/mol. The molecular weight excluding hydrogens is 314 g/mol. The van der Waals surface area contributed by atoms with E-state index < -0.39 is 0 Å². The normalized spacial score (nSPS) is 14.6. The van der Waals surface area contributed by atoms with Crippen molar-refractivity contribution in [2.75, 3.05) is 20.3 Å². The van der Waals surface area contributed by atoms with Crippen LogP contribution in [0.5, 0.6) is 0 Å². The molecule has 0 heterocycles. The molecule has 0 saturated heterocycles. The number of methoxy groups -OCH3 is 1. The minimum absolute atomic E-state index is 0.0531. The van der Waals surface area contributed by atoms with Crippen molar-refractivity contribution in [3.63, 3.8) is 0 Å². The van der Waals surface area contributed by atoms with E-state index in [1.165, 1.54) is 0 Å². The second-order valence-corrected chi connectivity index (χ2v) is 5.76. The van der Waals surface area contributed by atoms with Crippen LogP contribution in [-0.2, 0) is 4.74 Å². The number of hydrogen-bond donors (Lipinski definition) is 1. The van der Waals surface area contributed by atoms with Gasteiger partial charge in [0.15, 0.2) is 0 Å². The molecule has 0 N–H and O–H groups in total. The van der Waals surface area contributed by atoms with E-state index in [1.54, 1.807) is 13.2 Å². The Morgan fingerprint density at radius 2 is 2.28 bits per heavy atom. The van der Waals surface area contributed by atoms with Crippen LogP contribution in [0.2, 0.25) is 0 Å². The highest BCUT2D eigenvalue weighted by atomic mass is 79.9.